The van der Waals surface area contributed by atoms with Crippen LogP contribution >= 0.6 is 0 Å². The van der Waals surface area contributed by atoms with E-state index in [1.807, 2.05) is 0 Å². The molecule has 10 rings (SSSR count). The fourth-order valence-electron chi connectivity index (χ4n) is 18.4. The third-order valence-corrected chi connectivity index (χ3v) is 23.3. The topological polar surface area (TPSA) is 344 Å². The fourth-order valence-corrected chi connectivity index (χ4v) is 18.4. The Kier molecular flexibility index (Phi) is 17.1. The molecule has 0 aromatic carbocycles. The number of hydrogen-bond donors (Lipinski definition) is 12. The number of rotatable bonds is 14. The molecule has 5 saturated heterocycles. The summed E-state index contributed by atoms with van der Waals surface area (Å²) in [6, 6.07) is 0. The van der Waals surface area contributed by atoms with Gasteiger partial charge in [0.25, 0.3) is 0 Å². The Bertz CT molecular complexity index is 2110. The lowest BCUT2D eigenvalue weighted by atomic mass is 9.30. The lowest BCUT2D eigenvalue weighted by molar-refractivity contribution is -0.394. The highest BCUT2D eigenvalue weighted by Crippen LogP contribution is 2.81. The van der Waals surface area contributed by atoms with E-state index in [1.165, 1.54) is 6.92 Å². The third kappa shape index (κ3) is 9.57. The molecular weight excluding hydrogens is 1040 g/mol. The number of aliphatic hydroxyl groups excluding tert-OH is 12. The Morgan fingerprint density at radius 2 is 1.14 bits per heavy atom. The van der Waals surface area contributed by atoms with Crippen LogP contribution in [-0.2, 0) is 52.1 Å². The summed E-state index contributed by atoms with van der Waals surface area (Å²) in [4.78, 5) is 0. The van der Waals surface area contributed by atoms with Crippen molar-refractivity contribution in [2.45, 2.75) is 260 Å². The van der Waals surface area contributed by atoms with Crippen molar-refractivity contribution in [3.05, 3.63) is 0 Å². The quantitative estimate of drug-likeness (QED) is 0.0756. The molecule has 0 radical (unpaired) electrons. The van der Waals surface area contributed by atoms with E-state index in [4.69, 9.17) is 52.1 Å². The van der Waals surface area contributed by atoms with Gasteiger partial charge in [0.05, 0.1) is 50.3 Å². The van der Waals surface area contributed by atoms with E-state index < -0.39 is 160 Å². The zero-order chi connectivity index (χ0) is 57.3. The van der Waals surface area contributed by atoms with Crippen LogP contribution in [0.5, 0.6) is 0 Å². The highest BCUT2D eigenvalue weighted by molar-refractivity contribution is 5.28. The van der Waals surface area contributed by atoms with Gasteiger partial charge >= 0.3 is 0 Å². The Hall–Kier alpha value is -0.920. The number of fused-ring (bicyclic) bond motifs is 4. The SMILES string of the molecule is COC(C[C@@]1(C)CC[C@]23CO[C@@]4(CC[C@@H]5[C@@]6(C)CC[C@H](O[C@@H]7OC[C@H](O[C@@H]8O[C@H](CO)[C@@H](O)[C@H](O)[C@H]8O[C@@H]8O[C@@H](C)[C@H](O)[C@@H](O)[C@H]8O)[C@H](O)[C@H]7O[C@@H]7O[C@H](CO)[C@@H](O)[C@H](O)[C@H]7O)C(C)(C)[C@@H]6CC[C@@]5(C)[C@]4(C)C[C@H]2O)[C@@H]3C1)OC. The molecule has 5 aliphatic heterocycles. The molecule has 5 heterocycles. The first-order valence-corrected chi connectivity index (χ1v) is 29.1. The summed E-state index contributed by atoms with van der Waals surface area (Å²) in [5.74, 6) is 0.599. The first-order chi connectivity index (χ1) is 37.1. The van der Waals surface area contributed by atoms with Gasteiger partial charge in [-0.25, -0.2) is 0 Å². The largest absolute Gasteiger partial charge is 0.394 e. The summed E-state index contributed by atoms with van der Waals surface area (Å²) in [7, 11) is 3.38. The highest BCUT2D eigenvalue weighted by Gasteiger charge is 2.80. The van der Waals surface area contributed by atoms with Crippen LogP contribution in [0.2, 0.25) is 0 Å². The van der Waals surface area contributed by atoms with Gasteiger partial charge in [0.15, 0.2) is 31.5 Å². The zero-order valence-electron chi connectivity index (χ0n) is 47.4. The van der Waals surface area contributed by atoms with E-state index in [0.717, 1.165) is 57.8 Å². The van der Waals surface area contributed by atoms with E-state index in [2.05, 4.69) is 41.5 Å². The van der Waals surface area contributed by atoms with E-state index in [1.54, 1.807) is 14.2 Å². The van der Waals surface area contributed by atoms with Crippen LogP contribution in [0.1, 0.15) is 119 Å². The van der Waals surface area contributed by atoms with Crippen molar-refractivity contribution in [3.8, 4) is 0 Å². The van der Waals surface area contributed by atoms with Crippen molar-refractivity contribution in [2.24, 2.45) is 50.2 Å². The Morgan fingerprint density at radius 1 is 0.544 bits per heavy atom. The summed E-state index contributed by atoms with van der Waals surface area (Å²) in [6.07, 6.45) is -23.1. The van der Waals surface area contributed by atoms with E-state index in [-0.39, 0.29) is 51.1 Å². The Morgan fingerprint density at radius 3 is 1.78 bits per heavy atom. The van der Waals surface area contributed by atoms with Gasteiger partial charge in [0.2, 0.25) is 0 Å². The molecule has 10 fully saturated rings. The normalized spacial score (nSPS) is 56.3. The minimum atomic E-state index is -1.89. The molecule has 30 atom stereocenters. The van der Waals surface area contributed by atoms with Crippen molar-refractivity contribution in [1.82, 2.24) is 0 Å². The van der Waals surface area contributed by atoms with E-state index in [0.29, 0.717) is 19.4 Å². The average Bonchev–Trinajstić information content (AvgIpc) is 1.83. The molecule has 10 aliphatic rings. The standard InChI is InChI=1S/C56H94O23/c1-25-35(60)39(64)42(67)46(73-25)79-45-41(66)37(62)27(22-58)75-49(45)76-28-23-71-48(44(38(28)63)78-47-43(68)40(65)36(61)26(21-57)74-47)77-33-12-13-52(5)29(50(33,2)3)10-14-53(6)30(52)11-15-56-31-18-51(4,20-34(69-8)70-9)16-17-55(31,24-72-56)32(59)19-54(53,56)7/h25-49,57-68H,10-24H2,1-9H3/t25-,26+,27+,28-,29-,30+,31+,32+,33-,35-,36+,37+,38-,39+,40-,41-,42+,43+,44+,45+,46-,47-,48-,49-,51-,52-,53+,54-,55+,56-/m0/s1. The zero-order valence-corrected chi connectivity index (χ0v) is 47.4. The molecular formula is C56H94O23. The van der Waals surface area contributed by atoms with Crippen molar-refractivity contribution in [1.29, 1.82) is 0 Å². The molecule has 0 aromatic heterocycles. The van der Waals surface area contributed by atoms with Crippen LogP contribution in [0.25, 0.3) is 0 Å². The van der Waals surface area contributed by atoms with Gasteiger partial charge < -0.3 is 113 Å². The maximum Gasteiger partial charge on any atom is 0.187 e. The Labute approximate surface area is 463 Å². The second-order valence-corrected chi connectivity index (χ2v) is 27.4. The molecule has 0 aromatic rings. The van der Waals surface area contributed by atoms with E-state index >= 15 is 0 Å². The van der Waals surface area contributed by atoms with Crippen LogP contribution in [0.3, 0.4) is 0 Å². The Balaban J connectivity index is 0.897. The molecule has 23 nitrogen and oxygen atoms in total. The lowest BCUT2D eigenvalue weighted by Gasteiger charge is -2.75. The predicted molar refractivity (Wildman–Crippen MR) is 272 cm³/mol. The van der Waals surface area contributed by atoms with Gasteiger partial charge in [-0.15, -0.1) is 0 Å². The summed E-state index contributed by atoms with van der Waals surface area (Å²) < 4.78 is 68.1. The molecule has 5 aliphatic carbocycles. The summed E-state index contributed by atoms with van der Waals surface area (Å²) in [6.45, 7) is 14.1. The molecule has 0 unspecified atom stereocenters. The van der Waals surface area contributed by atoms with Gasteiger partial charge in [-0.3, -0.25) is 0 Å². The second-order valence-electron chi connectivity index (χ2n) is 27.4. The summed E-state index contributed by atoms with van der Waals surface area (Å²) in [5.41, 5.74) is -1.94. The summed E-state index contributed by atoms with van der Waals surface area (Å²) >= 11 is 0. The molecule has 0 amide bonds. The van der Waals surface area contributed by atoms with Gasteiger partial charge in [-0.1, -0.05) is 41.5 Å². The van der Waals surface area contributed by atoms with Gasteiger partial charge in [-0.05, 0) is 111 Å². The van der Waals surface area contributed by atoms with Crippen LogP contribution in [0, 0.1) is 50.2 Å². The smallest absolute Gasteiger partial charge is 0.187 e. The van der Waals surface area contributed by atoms with Crippen molar-refractivity contribution in [2.75, 3.05) is 40.6 Å². The highest BCUT2D eigenvalue weighted by atomic mass is 16.8. The maximum atomic E-state index is 12.5. The predicted octanol–water partition coefficient (Wildman–Crippen LogP) is -0.695. The minimum absolute atomic E-state index is 0.0506. The molecule has 456 valence electrons. The molecule has 23 heteroatoms. The molecule has 79 heavy (non-hydrogen) atoms. The molecule has 5 saturated carbocycles. The molecule has 12 N–H and O–H groups in total. The van der Waals surface area contributed by atoms with Gasteiger partial charge in [0.1, 0.15) is 85.5 Å². The first kappa shape index (κ1) is 61.2. The van der Waals surface area contributed by atoms with Gasteiger partial charge in [0, 0.05) is 31.5 Å². The monoisotopic (exact) mass is 1130 g/mol. The average molecular weight is 1140 g/mol. The van der Waals surface area contributed by atoms with Crippen molar-refractivity contribution in [3.63, 3.8) is 0 Å². The summed E-state index contributed by atoms with van der Waals surface area (Å²) in [5, 5.41) is 132. The van der Waals surface area contributed by atoms with E-state index in [9.17, 15) is 61.3 Å². The number of hydrogen-bond acceptors (Lipinski definition) is 23. The van der Waals surface area contributed by atoms with Crippen LogP contribution in [0.4, 0.5) is 0 Å². The molecule has 1 spiro atoms. The van der Waals surface area contributed by atoms with Crippen LogP contribution in [-0.4, -0.2) is 243 Å². The molecule has 2 bridgehead atoms. The van der Waals surface area contributed by atoms with Crippen molar-refractivity contribution >= 4 is 0 Å². The lowest BCUT2D eigenvalue weighted by Crippen LogP contribution is -2.74. The second kappa shape index (κ2) is 22.1. The first-order valence-electron chi connectivity index (χ1n) is 29.1. The van der Waals surface area contributed by atoms with Crippen LogP contribution < -0.4 is 0 Å². The minimum Gasteiger partial charge on any atom is -0.394 e. The van der Waals surface area contributed by atoms with Crippen molar-refractivity contribution < 1.29 is 113 Å². The number of aliphatic hydroxyl groups is 12. The van der Waals surface area contributed by atoms with Gasteiger partial charge in [-0.2, -0.15) is 0 Å². The van der Waals surface area contributed by atoms with Crippen LogP contribution in [0.15, 0.2) is 0 Å². The number of methoxy groups -OCH3 is 2. The maximum absolute atomic E-state index is 12.5. The fraction of sp³-hybridized carbons (Fsp3) is 1.00. The third-order valence-electron chi connectivity index (χ3n) is 23.3. The number of ether oxygens (including phenoxy) is 11.